The summed E-state index contributed by atoms with van der Waals surface area (Å²) in [6, 6.07) is 0.793. The second-order valence-electron chi connectivity index (χ2n) is 4.15. The zero-order valence-electron chi connectivity index (χ0n) is 9.47. The fourth-order valence-corrected chi connectivity index (χ4v) is 1.59. The van der Waals surface area contributed by atoms with Crippen LogP contribution in [0.25, 0.3) is 0 Å². The van der Waals surface area contributed by atoms with Gasteiger partial charge in [0.05, 0.1) is 12.2 Å². The molecule has 1 aliphatic rings. The smallest absolute Gasteiger partial charge is 0.191 e. The van der Waals surface area contributed by atoms with Crippen LogP contribution < -0.4 is 10.6 Å². The summed E-state index contributed by atoms with van der Waals surface area (Å²) in [5.41, 5.74) is 0.996. The van der Waals surface area contributed by atoms with Gasteiger partial charge in [0.25, 0.3) is 0 Å². The van der Waals surface area contributed by atoms with Crippen molar-refractivity contribution in [3.8, 4) is 0 Å². The lowest BCUT2D eigenvalue weighted by Crippen LogP contribution is -2.28. The van der Waals surface area contributed by atoms with Crippen LogP contribution in [0.4, 0.5) is 0 Å². The molecule has 1 saturated carbocycles. The highest BCUT2D eigenvalue weighted by molar-refractivity contribution is 5.06. The minimum atomic E-state index is 0.750. The van der Waals surface area contributed by atoms with E-state index in [0.717, 1.165) is 43.0 Å². The van der Waals surface area contributed by atoms with Crippen LogP contribution in [0, 0.1) is 13.8 Å². The average Bonchev–Trinajstić information content (AvgIpc) is 2.94. The Labute approximate surface area is 90.5 Å². The second-order valence-corrected chi connectivity index (χ2v) is 4.15. The molecule has 0 atom stereocenters. The third kappa shape index (κ3) is 3.32. The van der Waals surface area contributed by atoms with E-state index in [2.05, 4.69) is 15.6 Å². The number of nitrogens with one attached hydrogen (secondary N) is 2. The first kappa shape index (κ1) is 10.6. The lowest BCUT2D eigenvalue weighted by molar-refractivity contribution is 0.452. The Bertz CT molecular complexity index is 318. The van der Waals surface area contributed by atoms with E-state index in [9.17, 15) is 0 Å². The molecule has 1 aromatic heterocycles. The number of nitrogens with zero attached hydrogens (tertiary/aromatic N) is 1. The maximum atomic E-state index is 5.46. The third-order valence-corrected chi connectivity index (χ3v) is 2.60. The molecular weight excluding hydrogens is 190 g/mol. The van der Waals surface area contributed by atoms with Crippen molar-refractivity contribution in [3.05, 3.63) is 17.3 Å². The molecule has 0 radical (unpaired) electrons. The topological polar surface area (TPSA) is 50.1 Å². The van der Waals surface area contributed by atoms with Gasteiger partial charge in [-0.05, 0) is 19.8 Å². The fraction of sp³-hybridized carbons (Fsp3) is 0.727. The van der Waals surface area contributed by atoms with Gasteiger partial charge >= 0.3 is 0 Å². The minimum Gasteiger partial charge on any atom is -0.444 e. The predicted octanol–water partition coefficient (Wildman–Crippen LogP) is 1.13. The van der Waals surface area contributed by atoms with Crippen molar-refractivity contribution < 1.29 is 4.42 Å². The van der Waals surface area contributed by atoms with E-state index in [4.69, 9.17) is 4.42 Å². The van der Waals surface area contributed by atoms with E-state index < -0.39 is 0 Å². The molecule has 0 spiro atoms. The van der Waals surface area contributed by atoms with Crippen LogP contribution in [0.1, 0.15) is 30.2 Å². The molecule has 1 aromatic rings. The van der Waals surface area contributed by atoms with Crippen LogP contribution in [0.3, 0.4) is 0 Å². The van der Waals surface area contributed by atoms with Crippen LogP contribution in [-0.4, -0.2) is 24.1 Å². The SMILES string of the molecule is Cc1nc(C)c(CNCCNC2CC2)o1. The molecule has 1 fully saturated rings. The molecule has 84 valence electrons. The monoisotopic (exact) mass is 209 g/mol. The lowest BCUT2D eigenvalue weighted by Gasteiger charge is -2.03. The van der Waals surface area contributed by atoms with Gasteiger partial charge < -0.3 is 15.1 Å². The first-order valence-corrected chi connectivity index (χ1v) is 5.62. The third-order valence-electron chi connectivity index (χ3n) is 2.60. The van der Waals surface area contributed by atoms with Crippen molar-refractivity contribution in [1.29, 1.82) is 0 Å². The van der Waals surface area contributed by atoms with E-state index >= 15 is 0 Å². The Kier molecular flexibility index (Phi) is 3.38. The number of hydrogen-bond donors (Lipinski definition) is 2. The standard InChI is InChI=1S/C11H19N3O/c1-8-11(15-9(2)14-8)7-12-5-6-13-10-3-4-10/h10,12-13H,3-7H2,1-2H3. The molecule has 2 rings (SSSR count). The van der Waals surface area contributed by atoms with Gasteiger partial charge in [-0.25, -0.2) is 4.98 Å². The van der Waals surface area contributed by atoms with Crippen molar-refractivity contribution in [1.82, 2.24) is 15.6 Å². The van der Waals surface area contributed by atoms with Crippen LogP contribution >= 0.6 is 0 Å². The molecule has 1 heterocycles. The molecule has 0 aromatic carbocycles. The van der Waals surface area contributed by atoms with Gasteiger partial charge in [0, 0.05) is 26.1 Å². The van der Waals surface area contributed by atoms with Crippen molar-refractivity contribution in [2.45, 2.75) is 39.3 Å². The quantitative estimate of drug-likeness (QED) is 0.690. The summed E-state index contributed by atoms with van der Waals surface area (Å²) < 4.78 is 5.46. The summed E-state index contributed by atoms with van der Waals surface area (Å²) in [6.07, 6.45) is 2.70. The highest BCUT2D eigenvalue weighted by Gasteiger charge is 2.19. The van der Waals surface area contributed by atoms with E-state index in [1.165, 1.54) is 12.8 Å². The van der Waals surface area contributed by atoms with Crippen molar-refractivity contribution in [2.24, 2.45) is 0 Å². The molecule has 0 bridgehead atoms. The van der Waals surface area contributed by atoms with Gasteiger partial charge in [0.1, 0.15) is 5.76 Å². The average molecular weight is 209 g/mol. The first-order chi connectivity index (χ1) is 7.25. The lowest BCUT2D eigenvalue weighted by atomic mass is 10.3. The molecule has 0 aliphatic heterocycles. The van der Waals surface area contributed by atoms with Gasteiger partial charge in [-0.15, -0.1) is 0 Å². The number of oxazole rings is 1. The van der Waals surface area contributed by atoms with Gasteiger partial charge in [-0.2, -0.15) is 0 Å². The Balaban J connectivity index is 1.62. The predicted molar refractivity (Wildman–Crippen MR) is 58.7 cm³/mol. The molecule has 4 heteroatoms. The van der Waals surface area contributed by atoms with Crippen LogP contribution in [0.2, 0.25) is 0 Å². The number of aromatic nitrogens is 1. The molecule has 0 saturated heterocycles. The summed E-state index contributed by atoms with van der Waals surface area (Å²) in [5.74, 6) is 1.71. The summed E-state index contributed by atoms with van der Waals surface area (Å²) in [6.45, 7) is 6.66. The molecule has 2 N–H and O–H groups in total. The molecule has 4 nitrogen and oxygen atoms in total. The maximum Gasteiger partial charge on any atom is 0.191 e. The largest absolute Gasteiger partial charge is 0.444 e. The molecule has 0 unspecified atom stereocenters. The van der Waals surface area contributed by atoms with Gasteiger partial charge in [-0.3, -0.25) is 0 Å². The summed E-state index contributed by atoms with van der Waals surface area (Å²) in [5, 5.41) is 6.80. The fourth-order valence-electron chi connectivity index (χ4n) is 1.59. The van der Waals surface area contributed by atoms with Crippen LogP contribution in [-0.2, 0) is 6.54 Å². The molecule has 0 amide bonds. The number of rotatable bonds is 6. The molecular formula is C11H19N3O. The van der Waals surface area contributed by atoms with Crippen molar-refractivity contribution in [3.63, 3.8) is 0 Å². The van der Waals surface area contributed by atoms with Crippen LogP contribution in [0.15, 0.2) is 4.42 Å². The Morgan fingerprint density at radius 2 is 2.13 bits per heavy atom. The zero-order chi connectivity index (χ0) is 10.7. The highest BCUT2D eigenvalue weighted by atomic mass is 16.4. The number of aryl methyl sites for hydroxylation is 2. The molecule has 15 heavy (non-hydrogen) atoms. The van der Waals surface area contributed by atoms with Crippen molar-refractivity contribution >= 4 is 0 Å². The molecule has 1 aliphatic carbocycles. The Morgan fingerprint density at radius 3 is 2.73 bits per heavy atom. The number of hydrogen-bond acceptors (Lipinski definition) is 4. The first-order valence-electron chi connectivity index (χ1n) is 5.62. The van der Waals surface area contributed by atoms with Gasteiger partial charge in [-0.1, -0.05) is 0 Å². The Morgan fingerprint density at radius 1 is 1.33 bits per heavy atom. The van der Waals surface area contributed by atoms with Crippen molar-refractivity contribution in [2.75, 3.05) is 13.1 Å². The van der Waals surface area contributed by atoms with E-state index in [-0.39, 0.29) is 0 Å². The zero-order valence-corrected chi connectivity index (χ0v) is 9.47. The summed E-state index contributed by atoms with van der Waals surface area (Å²) >= 11 is 0. The maximum absolute atomic E-state index is 5.46. The summed E-state index contributed by atoms with van der Waals surface area (Å²) in [7, 11) is 0. The summed E-state index contributed by atoms with van der Waals surface area (Å²) in [4.78, 5) is 4.23. The van der Waals surface area contributed by atoms with E-state index in [1.54, 1.807) is 0 Å². The second kappa shape index (κ2) is 4.77. The van der Waals surface area contributed by atoms with Gasteiger partial charge in [0.15, 0.2) is 5.89 Å². The Hall–Kier alpha value is -0.870. The highest BCUT2D eigenvalue weighted by Crippen LogP contribution is 2.17. The van der Waals surface area contributed by atoms with E-state index in [0.29, 0.717) is 0 Å². The normalized spacial score (nSPS) is 15.9. The van der Waals surface area contributed by atoms with Crippen LogP contribution in [0.5, 0.6) is 0 Å². The van der Waals surface area contributed by atoms with E-state index in [1.807, 2.05) is 13.8 Å². The minimum absolute atomic E-state index is 0.750. The van der Waals surface area contributed by atoms with Gasteiger partial charge in [0.2, 0.25) is 0 Å².